The summed E-state index contributed by atoms with van der Waals surface area (Å²) in [6.07, 6.45) is 3.86. The third-order valence-corrected chi connectivity index (χ3v) is 6.08. The first kappa shape index (κ1) is 20.6. The maximum Gasteiger partial charge on any atom is 0.230 e. The summed E-state index contributed by atoms with van der Waals surface area (Å²) in [4.78, 5) is 12.4. The molecule has 30 heavy (non-hydrogen) atoms. The lowest BCUT2D eigenvalue weighted by Gasteiger charge is -2.14. The van der Waals surface area contributed by atoms with Crippen molar-refractivity contribution in [2.75, 3.05) is 5.75 Å². The summed E-state index contributed by atoms with van der Waals surface area (Å²) in [5.74, 6) is 0.457. The number of carbonyl (C=O) groups excluding carboxylic acids is 1. The molecule has 1 aliphatic rings. The largest absolute Gasteiger partial charge is 0.353 e. The van der Waals surface area contributed by atoms with Crippen LogP contribution in [-0.2, 0) is 11.2 Å². The summed E-state index contributed by atoms with van der Waals surface area (Å²) in [7, 11) is 0. The molecule has 0 aliphatic heterocycles. The SMILES string of the molecule is C[C@H](CCc1ccccc1)NC(=O)CSc1nnc(-c2ccccc2F)n1C1CC1. The first-order chi connectivity index (χ1) is 14.6. The number of nitrogens with one attached hydrogen (secondary N) is 1. The van der Waals surface area contributed by atoms with Gasteiger partial charge in [-0.25, -0.2) is 4.39 Å². The fraction of sp³-hybridized carbons (Fsp3) is 0.348. The number of halogens is 1. The van der Waals surface area contributed by atoms with Crippen molar-refractivity contribution >= 4 is 17.7 Å². The third kappa shape index (κ3) is 5.08. The Labute approximate surface area is 180 Å². The molecule has 0 spiro atoms. The first-order valence-corrected chi connectivity index (χ1v) is 11.3. The van der Waals surface area contributed by atoms with Crippen LogP contribution in [0.4, 0.5) is 4.39 Å². The summed E-state index contributed by atoms with van der Waals surface area (Å²) < 4.78 is 16.2. The lowest BCUT2D eigenvalue weighted by atomic mass is 10.1. The Morgan fingerprint density at radius 1 is 1.17 bits per heavy atom. The molecule has 0 unspecified atom stereocenters. The average Bonchev–Trinajstić information content (AvgIpc) is 3.51. The van der Waals surface area contributed by atoms with Gasteiger partial charge in [0.1, 0.15) is 5.82 Å². The standard InChI is InChI=1S/C23H25FN4OS/c1-16(11-12-17-7-3-2-4-8-17)25-21(29)15-30-23-27-26-22(28(23)18-13-14-18)19-9-5-6-10-20(19)24/h2-10,16,18H,11-15H2,1H3,(H,25,29)/t16-/m1/s1. The molecule has 5 nitrogen and oxygen atoms in total. The van der Waals surface area contributed by atoms with E-state index in [9.17, 15) is 9.18 Å². The van der Waals surface area contributed by atoms with Crippen LogP contribution in [0.1, 0.15) is 37.8 Å². The van der Waals surface area contributed by atoms with E-state index in [1.807, 2.05) is 29.7 Å². The predicted octanol–water partition coefficient (Wildman–Crippen LogP) is 4.65. The molecule has 4 rings (SSSR count). The minimum absolute atomic E-state index is 0.0293. The molecule has 3 aromatic rings. The smallest absolute Gasteiger partial charge is 0.230 e. The minimum atomic E-state index is -0.312. The zero-order valence-electron chi connectivity index (χ0n) is 16.9. The van der Waals surface area contributed by atoms with Crippen molar-refractivity contribution in [3.05, 3.63) is 66.0 Å². The second-order valence-corrected chi connectivity index (χ2v) is 8.61. The van der Waals surface area contributed by atoms with Crippen LogP contribution in [0.25, 0.3) is 11.4 Å². The van der Waals surface area contributed by atoms with Gasteiger partial charge in [0.25, 0.3) is 0 Å². The van der Waals surface area contributed by atoms with Gasteiger partial charge in [0.05, 0.1) is 11.3 Å². The van der Waals surface area contributed by atoms with E-state index in [0.29, 0.717) is 16.5 Å². The molecule has 1 N–H and O–H groups in total. The van der Waals surface area contributed by atoms with E-state index in [1.165, 1.54) is 23.4 Å². The van der Waals surface area contributed by atoms with E-state index in [1.54, 1.807) is 18.2 Å². The molecule has 1 aliphatic carbocycles. The van der Waals surface area contributed by atoms with Crippen molar-refractivity contribution in [1.82, 2.24) is 20.1 Å². The quantitative estimate of drug-likeness (QED) is 0.508. The van der Waals surface area contributed by atoms with Crippen LogP contribution in [0.15, 0.2) is 59.8 Å². The molecule has 0 bridgehead atoms. The maximum absolute atomic E-state index is 14.2. The number of rotatable bonds is 9. The topological polar surface area (TPSA) is 59.8 Å². The fourth-order valence-electron chi connectivity index (χ4n) is 3.41. The Hall–Kier alpha value is -2.67. The molecular weight excluding hydrogens is 399 g/mol. The molecule has 7 heteroatoms. The zero-order valence-corrected chi connectivity index (χ0v) is 17.7. The molecule has 1 fully saturated rings. The van der Waals surface area contributed by atoms with Crippen LogP contribution >= 0.6 is 11.8 Å². The zero-order chi connectivity index (χ0) is 20.9. The number of benzene rings is 2. The predicted molar refractivity (Wildman–Crippen MR) is 117 cm³/mol. The molecule has 1 saturated carbocycles. The first-order valence-electron chi connectivity index (χ1n) is 10.3. The van der Waals surface area contributed by atoms with Gasteiger partial charge in [-0.3, -0.25) is 9.36 Å². The lowest BCUT2D eigenvalue weighted by molar-refractivity contribution is -0.119. The van der Waals surface area contributed by atoms with Gasteiger partial charge in [-0.1, -0.05) is 54.2 Å². The van der Waals surface area contributed by atoms with Gasteiger partial charge in [-0.15, -0.1) is 10.2 Å². The van der Waals surface area contributed by atoms with Crippen molar-refractivity contribution in [3.8, 4) is 11.4 Å². The number of aromatic nitrogens is 3. The lowest BCUT2D eigenvalue weighted by Crippen LogP contribution is -2.34. The summed E-state index contributed by atoms with van der Waals surface area (Å²) in [5.41, 5.74) is 1.72. The Morgan fingerprint density at radius 3 is 2.63 bits per heavy atom. The molecule has 2 aromatic carbocycles. The van der Waals surface area contributed by atoms with Crippen LogP contribution in [0.3, 0.4) is 0 Å². The van der Waals surface area contributed by atoms with Crippen molar-refractivity contribution in [3.63, 3.8) is 0 Å². The van der Waals surface area contributed by atoms with Crippen LogP contribution in [0, 0.1) is 5.82 Å². The van der Waals surface area contributed by atoms with E-state index >= 15 is 0 Å². The number of hydrogen-bond donors (Lipinski definition) is 1. The van der Waals surface area contributed by atoms with Gasteiger partial charge in [0.15, 0.2) is 11.0 Å². The molecule has 1 aromatic heterocycles. The van der Waals surface area contributed by atoms with Gasteiger partial charge in [-0.2, -0.15) is 0 Å². The van der Waals surface area contributed by atoms with E-state index in [2.05, 4.69) is 27.6 Å². The molecule has 1 atom stereocenters. The van der Waals surface area contributed by atoms with Crippen molar-refractivity contribution in [1.29, 1.82) is 0 Å². The number of hydrogen-bond acceptors (Lipinski definition) is 4. The molecule has 0 saturated heterocycles. The van der Waals surface area contributed by atoms with E-state index in [0.717, 1.165) is 25.7 Å². The molecular formula is C23H25FN4OS. The highest BCUT2D eigenvalue weighted by Gasteiger charge is 2.31. The maximum atomic E-state index is 14.2. The van der Waals surface area contributed by atoms with Gasteiger partial charge < -0.3 is 5.32 Å². The van der Waals surface area contributed by atoms with Gasteiger partial charge in [0.2, 0.25) is 5.91 Å². The number of thioether (sulfide) groups is 1. The molecule has 156 valence electrons. The van der Waals surface area contributed by atoms with Gasteiger partial charge >= 0.3 is 0 Å². The normalized spacial score (nSPS) is 14.5. The Bertz CT molecular complexity index is 1000. The van der Waals surface area contributed by atoms with Gasteiger partial charge in [0, 0.05) is 12.1 Å². The van der Waals surface area contributed by atoms with Crippen LogP contribution in [0.2, 0.25) is 0 Å². The third-order valence-electron chi connectivity index (χ3n) is 5.14. The second-order valence-electron chi connectivity index (χ2n) is 7.67. The Kier molecular flexibility index (Phi) is 6.47. The van der Waals surface area contributed by atoms with Crippen molar-refractivity contribution < 1.29 is 9.18 Å². The van der Waals surface area contributed by atoms with Crippen molar-refractivity contribution in [2.45, 2.75) is 49.8 Å². The van der Waals surface area contributed by atoms with Crippen LogP contribution < -0.4 is 5.32 Å². The summed E-state index contributed by atoms with van der Waals surface area (Å²) >= 11 is 1.36. The number of aryl methyl sites for hydroxylation is 1. The van der Waals surface area contributed by atoms with Gasteiger partial charge in [-0.05, 0) is 50.3 Å². The van der Waals surface area contributed by atoms with Crippen molar-refractivity contribution in [2.24, 2.45) is 0 Å². The Morgan fingerprint density at radius 2 is 1.90 bits per heavy atom. The number of carbonyl (C=O) groups is 1. The average molecular weight is 425 g/mol. The van der Waals surface area contributed by atoms with Crippen LogP contribution in [-0.4, -0.2) is 32.5 Å². The summed E-state index contributed by atoms with van der Waals surface area (Å²) in [6, 6.07) is 17.2. The summed E-state index contributed by atoms with van der Waals surface area (Å²) in [6.45, 7) is 2.02. The van der Waals surface area contributed by atoms with E-state index in [4.69, 9.17) is 0 Å². The molecule has 1 amide bonds. The van der Waals surface area contributed by atoms with Crippen LogP contribution in [0.5, 0.6) is 0 Å². The fourth-order valence-corrected chi connectivity index (χ4v) is 4.23. The number of amides is 1. The Balaban J connectivity index is 1.34. The van der Waals surface area contributed by atoms with E-state index in [-0.39, 0.29) is 29.6 Å². The highest BCUT2D eigenvalue weighted by atomic mass is 32.2. The summed E-state index contributed by atoms with van der Waals surface area (Å²) in [5, 5.41) is 12.2. The minimum Gasteiger partial charge on any atom is -0.353 e. The molecule has 0 radical (unpaired) electrons. The highest BCUT2D eigenvalue weighted by Crippen LogP contribution is 2.41. The second kappa shape index (κ2) is 9.43. The highest BCUT2D eigenvalue weighted by molar-refractivity contribution is 7.99. The monoisotopic (exact) mass is 424 g/mol. The van der Waals surface area contributed by atoms with E-state index < -0.39 is 0 Å². The number of nitrogens with zero attached hydrogens (tertiary/aromatic N) is 3. The molecule has 1 heterocycles.